The molecule has 160 valence electrons. The van der Waals surface area contributed by atoms with Gasteiger partial charge in [0.2, 0.25) is 0 Å². The molecule has 1 aliphatic rings. The lowest BCUT2D eigenvalue weighted by molar-refractivity contribution is -0.140. The van der Waals surface area contributed by atoms with Crippen molar-refractivity contribution in [3.63, 3.8) is 0 Å². The molecule has 5 rings (SSSR count). The molecule has 0 saturated heterocycles. The highest BCUT2D eigenvalue weighted by Crippen LogP contribution is 2.48. The Morgan fingerprint density at radius 1 is 1.06 bits per heavy atom. The molecule has 3 heterocycles. The zero-order valence-electron chi connectivity index (χ0n) is 17.4. The van der Waals surface area contributed by atoms with E-state index >= 15 is 0 Å². The number of aromatic nitrogens is 5. The van der Waals surface area contributed by atoms with Crippen molar-refractivity contribution in [1.82, 2.24) is 24.7 Å². The molecule has 1 saturated carbocycles. The van der Waals surface area contributed by atoms with Crippen molar-refractivity contribution >= 4 is 17.6 Å². The van der Waals surface area contributed by atoms with Crippen LogP contribution in [0, 0.1) is 0 Å². The van der Waals surface area contributed by atoms with E-state index in [4.69, 9.17) is 11.6 Å². The molecule has 8 heteroatoms. The van der Waals surface area contributed by atoms with E-state index in [9.17, 15) is 9.90 Å². The molecule has 0 spiro atoms. The van der Waals surface area contributed by atoms with E-state index < -0.39 is 11.4 Å². The molecule has 0 amide bonds. The number of pyridine rings is 1. The van der Waals surface area contributed by atoms with Crippen LogP contribution in [0.25, 0.3) is 22.4 Å². The molecule has 7 nitrogen and oxygen atoms in total. The van der Waals surface area contributed by atoms with Crippen LogP contribution < -0.4 is 0 Å². The van der Waals surface area contributed by atoms with Crippen molar-refractivity contribution in [3.8, 4) is 22.4 Å². The van der Waals surface area contributed by atoms with E-state index in [1.165, 1.54) is 6.20 Å². The Labute approximate surface area is 189 Å². The number of hydrogen-bond acceptors (Lipinski definition) is 5. The van der Waals surface area contributed by atoms with Crippen LogP contribution in [-0.2, 0) is 23.7 Å². The second-order valence-electron chi connectivity index (χ2n) is 8.04. The van der Waals surface area contributed by atoms with Gasteiger partial charge >= 0.3 is 5.97 Å². The van der Waals surface area contributed by atoms with E-state index in [1.54, 1.807) is 12.4 Å². The van der Waals surface area contributed by atoms with Gasteiger partial charge in [0.25, 0.3) is 0 Å². The smallest absolute Gasteiger partial charge is 0.314 e. The molecule has 0 aliphatic heterocycles. The first-order valence-corrected chi connectivity index (χ1v) is 10.6. The van der Waals surface area contributed by atoms with Gasteiger partial charge in [-0.15, -0.1) is 0 Å². The molecule has 32 heavy (non-hydrogen) atoms. The number of carbonyl (C=O) groups is 1. The molecular weight excluding hydrogens is 426 g/mol. The second-order valence-corrected chi connectivity index (χ2v) is 8.42. The quantitative estimate of drug-likeness (QED) is 0.475. The fourth-order valence-electron chi connectivity index (χ4n) is 3.98. The van der Waals surface area contributed by atoms with Crippen molar-refractivity contribution in [2.75, 3.05) is 0 Å². The summed E-state index contributed by atoms with van der Waals surface area (Å²) in [7, 11) is 1.89. The van der Waals surface area contributed by atoms with Crippen molar-refractivity contribution in [2.45, 2.75) is 24.7 Å². The SMILES string of the molecule is Cn1ncc(-c2ccc(-c3ccc(C4(C(=O)O)CC4)cc3)cn2)c1Cc1cncc(Cl)n1. The molecule has 0 bridgehead atoms. The molecule has 0 unspecified atom stereocenters. The predicted molar refractivity (Wildman–Crippen MR) is 120 cm³/mol. The topological polar surface area (TPSA) is 93.8 Å². The third-order valence-corrected chi connectivity index (χ3v) is 6.22. The molecule has 0 radical (unpaired) electrons. The summed E-state index contributed by atoms with van der Waals surface area (Å²) in [5.74, 6) is -0.743. The predicted octanol–water partition coefficient (Wildman–Crippen LogP) is 4.30. The van der Waals surface area contributed by atoms with Crippen LogP contribution in [0.4, 0.5) is 0 Å². The summed E-state index contributed by atoms with van der Waals surface area (Å²) in [6.45, 7) is 0. The van der Waals surface area contributed by atoms with Crippen molar-refractivity contribution in [3.05, 3.63) is 83.3 Å². The Morgan fingerprint density at radius 2 is 1.81 bits per heavy atom. The van der Waals surface area contributed by atoms with Gasteiger partial charge in [0, 0.05) is 37.0 Å². The monoisotopic (exact) mass is 445 g/mol. The van der Waals surface area contributed by atoms with Gasteiger partial charge in [-0.05, 0) is 30.0 Å². The number of aliphatic carboxylic acids is 1. The van der Waals surface area contributed by atoms with E-state index in [0.29, 0.717) is 24.4 Å². The van der Waals surface area contributed by atoms with E-state index in [-0.39, 0.29) is 0 Å². The number of benzene rings is 1. The van der Waals surface area contributed by atoms with Crippen molar-refractivity contribution in [2.24, 2.45) is 7.05 Å². The molecule has 1 aromatic carbocycles. The maximum absolute atomic E-state index is 11.5. The van der Waals surface area contributed by atoms with Gasteiger partial charge < -0.3 is 5.11 Å². The number of hydrogen-bond donors (Lipinski definition) is 1. The Hall–Kier alpha value is -3.58. The molecule has 4 aromatic rings. The third kappa shape index (κ3) is 3.65. The van der Waals surface area contributed by atoms with E-state index in [2.05, 4.69) is 20.1 Å². The van der Waals surface area contributed by atoms with Crippen LogP contribution in [0.3, 0.4) is 0 Å². The maximum atomic E-state index is 11.5. The summed E-state index contributed by atoms with van der Waals surface area (Å²) in [5.41, 5.74) is 5.59. The maximum Gasteiger partial charge on any atom is 0.314 e. The molecule has 1 aliphatic carbocycles. The zero-order chi connectivity index (χ0) is 22.3. The summed E-state index contributed by atoms with van der Waals surface area (Å²) in [6.07, 6.45) is 8.76. The van der Waals surface area contributed by atoms with Crippen LogP contribution >= 0.6 is 11.6 Å². The fraction of sp³-hybridized carbons (Fsp3) is 0.208. The first-order valence-electron chi connectivity index (χ1n) is 10.2. The van der Waals surface area contributed by atoms with Crippen LogP contribution in [0.15, 0.2) is 61.2 Å². The molecule has 1 N–H and O–H groups in total. The molecule has 3 aromatic heterocycles. The third-order valence-electron chi connectivity index (χ3n) is 6.03. The lowest BCUT2D eigenvalue weighted by Gasteiger charge is -2.11. The van der Waals surface area contributed by atoms with Gasteiger partial charge in [0.15, 0.2) is 0 Å². The first-order chi connectivity index (χ1) is 15.5. The number of carboxylic acids is 1. The van der Waals surface area contributed by atoms with Gasteiger partial charge in [-0.2, -0.15) is 5.10 Å². The number of aryl methyl sites for hydroxylation is 1. The second kappa shape index (κ2) is 7.84. The van der Waals surface area contributed by atoms with Crippen LogP contribution in [-0.4, -0.2) is 35.8 Å². The van der Waals surface area contributed by atoms with Gasteiger partial charge in [-0.1, -0.05) is 41.9 Å². The van der Waals surface area contributed by atoms with Gasteiger partial charge in [0.1, 0.15) is 5.15 Å². The Balaban J connectivity index is 1.39. The number of nitrogens with zero attached hydrogens (tertiary/aromatic N) is 5. The zero-order valence-corrected chi connectivity index (χ0v) is 18.1. The average Bonchev–Trinajstić information content (AvgIpc) is 3.54. The molecular formula is C24H20ClN5O2. The first kappa shape index (κ1) is 20.3. The lowest BCUT2D eigenvalue weighted by Crippen LogP contribution is -2.19. The van der Waals surface area contributed by atoms with Gasteiger partial charge in [-0.3, -0.25) is 19.4 Å². The Kier molecular flexibility index (Phi) is 4.98. The number of carboxylic acid groups (broad SMARTS) is 1. The van der Waals surface area contributed by atoms with Crippen molar-refractivity contribution in [1.29, 1.82) is 0 Å². The molecule has 1 fully saturated rings. The summed E-state index contributed by atoms with van der Waals surface area (Å²) >= 11 is 5.97. The summed E-state index contributed by atoms with van der Waals surface area (Å²) in [5, 5.41) is 14.2. The highest BCUT2D eigenvalue weighted by atomic mass is 35.5. The van der Waals surface area contributed by atoms with Crippen LogP contribution in [0.2, 0.25) is 5.15 Å². The Bertz CT molecular complexity index is 1290. The standard InChI is InChI=1S/C24H20ClN5O2/c1-30-21(10-18-12-26-14-22(25)29-18)19(13-28-30)20-7-4-16(11-27-20)15-2-5-17(6-3-15)24(8-9-24)23(31)32/h2-7,11-14H,8-10H2,1H3,(H,31,32). The summed E-state index contributed by atoms with van der Waals surface area (Å²) in [6, 6.07) is 11.7. The van der Waals surface area contributed by atoms with Gasteiger partial charge in [0.05, 0.1) is 34.9 Å². The highest BCUT2D eigenvalue weighted by molar-refractivity contribution is 6.29. The summed E-state index contributed by atoms with van der Waals surface area (Å²) < 4.78 is 1.81. The largest absolute Gasteiger partial charge is 0.481 e. The minimum atomic E-state index is -0.743. The van der Waals surface area contributed by atoms with E-state index in [1.807, 2.05) is 54.3 Å². The van der Waals surface area contributed by atoms with Crippen molar-refractivity contribution < 1.29 is 9.90 Å². The fourth-order valence-corrected chi connectivity index (χ4v) is 4.14. The average molecular weight is 446 g/mol. The summed E-state index contributed by atoms with van der Waals surface area (Å²) in [4.78, 5) is 24.6. The van der Waals surface area contributed by atoms with Crippen LogP contribution in [0.1, 0.15) is 29.8 Å². The minimum Gasteiger partial charge on any atom is -0.481 e. The normalized spacial score (nSPS) is 14.3. The number of rotatable bonds is 6. The van der Waals surface area contributed by atoms with Gasteiger partial charge in [-0.25, -0.2) is 4.98 Å². The van der Waals surface area contributed by atoms with Crippen LogP contribution in [0.5, 0.6) is 0 Å². The highest BCUT2D eigenvalue weighted by Gasteiger charge is 2.51. The molecule has 0 atom stereocenters. The van der Waals surface area contributed by atoms with E-state index in [0.717, 1.165) is 39.3 Å². The Morgan fingerprint density at radius 3 is 2.44 bits per heavy atom. The lowest BCUT2D eigenvalue weighted by atomic mass is 9.94. The minimum absolute atomic E-state index is 0.357. The number of halogens is 1.